The van der Waals surface area contributed by atoms with E-state index in [1.807, 2.05) is 6.92 Å². The topological polar surface area (TPSA) is 64.9 Å². The van der Waals surface area contributed by atoms with Crippen molar-refractivity contribution >= 4 is 12.4 Å². The second-order valence-corrected chi connectivity index (χ2v) is 4.68. The largest absolute Gasteiger partial charge is 0.339 e. The molecule has 2 rings (SSSR count). The highest BCUT2D eigenvalue weighted by molar-refractivity contribution is 5.85. The Balaban J connectivity index is 0.00000128. The fourth-order valence-corrected chi connectivity index (χ4v) is 2.49. The van der Waals surface area contributed by atoms with Crippen molar-refractivity contribution in [2.75, 3.05) is 6.54 Å². The summed E-state index contributed by atoms with van der Waals surface area (Å²) in [6.07, 6.45) is 7.15. The maximum Gasteiger partial charge on any atom is 0.227 e. The van der Waals surface area contributed by atoms with E-state index in [1.54, 1.807) is 0 Å². The number of hydrogen-bond acceptors (Lipinski definition) is 4. The smallest absolute Gasteiger partial charge is 0.227 e. The fourth-order valence-electron chi connectivity index (χ4n) is 2.49. The Hall–Kier alpha value is -0.610. The Bertz CT molecular complexity index is 321. The molecule has 0 spiro atoms. The van der Waals surface area contributed by atoms with Crippen LogP contribution < -0.4 is 5.73 Å². The van der Waals surface area contributed by atoms with Crippen LogP contribution in [0.25, 0.3) is 0 Å². The molecule has 4 nitrogen and oxygen atoms in total. The Morgan fingerprint density at radius 2 is 2.00 bits per heavy atom. The molecule has 1 fully saturated rings. The normalized spacial score (nSPS) is 19.1. The molecule has 1 aliphatic carbocycles. The summed E-state index contributed by atoms with van der Waals surface area (Å²) in [6.45, 7) is 2.58. The molecule has 0 saturated heterocycles. The number of nitrogens with two attached hydrogens (primary N) is 1. The van der Waals surface area contributed by atoms with Gasteiger partial charge in [-0.25, -0.2) is 0 Å². The van der Waals surface area contributed by atoms with Gasteiger partial charge < -0.3 is 10.3 Å². The van der Waals surface area contributed by atoms with Crippen LogP contribution in [0.3, 0.4) is 0 Å². The first kappa shape index (κ1) is 13.5. The number of halogens is 1. The third-order valence-corrected chi connectivity index (χ3v) is 3.44. The lowest BCUT2D eigenvalue weighted by atomic mass is 9.72. The SMILES string of the molecule is Cc1noc(CC2(CN)CCCCC2)n1.Cl. The summed E-state index contributed by atoms with van der Waals surface area (Å²) in [5.74, 6) is 1.47. The fraction of sp³-hybridized carbons (Fsp3) is 0.818. The summed E-state index contributed by atoms with van der Waals surface area (Å²) in [5.41, 5.74) is 6.12. The van der Waals surface area contributed by atoms with Crippen molar-refractivity contribution in [3.8, 4) is 0 Å². The second kappa shape index (κ2) is 5.64. The van der Waals surface area contributed by atoms with Gasteiger partial charge in [0.25, 0.3) is 0 Å². The first-order valence-corrected chi connectivity index (χ1v) is 5.73. The van der Waals surface area contributed by atoms with Crippen LogP contribution in [-0.4, -0.2) is 16.7 Å². The highest BCUT2D eigenvalue weighted by Gasteiger charge is 2.32. The zero-order valence-corrected chi connectivity index (χ0v) is 10.6. The number of aryl methyl sites for hydroxylation is 1. The molecule has 1 aliphatic rings. The van der Waals surface area contributed by atoms with Gasteiger partial charge in [0.05, 0.1) is 0 Å². The van der Waals surface area contributed by atoms with Crippen LogP contribution >= 0.6 is 12.4 Å². The Morgan fingerprint density at radius 1 is 1.31 bits per heavy atom. The predicted molar refractivity (Wildman–Crippen MR) is 64.6 cm³/mol. The van der Waals surface area contributed by atoms with Gasteiger partial charge in [-0.05, 0) is 31.7 Å². The van der Waals surface area contributed by atoms with Crippen LogP contribution in [0, 0.1) is 12.3 Å². The van der Waals surface area contributed by atoms with Crippen molar-refractivity contribution in [3.05, 3.63) is 11.7 Å². The minimum atomic E-state index is 0. The van der Waals surface area contributed by atoms with Crippen molar-refractivity contribution in [1.29, 1.82) is 0 Å². The van der Waals surface area contributed by atoms with Gasteiger partial charge in [-0.3, -0.25) is 0 Å². The molecular weight excluding hydrogens is 226 g/mol. The molecule has 92 valence electrons. The Morgan fingerprint density at radius 3 is 2.50 bits per heavy atom. The molecule has 1 aromatic heterocycles. The number of nitrogens with zero attached hydrogens (tertiary/aromatic N) is 2. The molecular formula is C11H20ClN3O. The van der Waals surface area contributed by atoms with E-state index in [0.717, 1.165) is 18.9 Å². The average Bonchev–Trinajstić information content (AvgIpc) is 2.65. The molecule has 1 heterocycles. The van der Waals surface area contributed by atoms with E-state index < -0.39 is 0 Å². The maximum absolute atomic E-state index is 5.90. The second-order valence-electron chi connectivity index (χ2n) is 4.68. The summed E-state index contributed by atoms with van der Waals surface area (Å²) in [5, 5.41) is 3.82. The Labute approximate surface area is 102 Å². The van der Waals surface area contributed by atoms with Gasteiger partial charge in [-0.2, -0.15) is 4.98 Å². The van der Waals surface area contributed by atoms with Crippen molar-refractivity contribution in [2.24, 2.45) is 11.1 Å². The molecule has 16 heavy (non-hydrogen) atoms. The highest BCUT2D eigenvalue weighted by atomic mass is 35.5. The molecule has 2 N–H and O–H groups in total. The van der Waals surface area contributed by atoms with Crippen LogP contribution in [0.15, 0.2) is 4.52 Å². The number of aromatic nitrogens is 2. The van der Waals surface area contributed by atoms with Crippen molar-refractivity contribution in [2.45, 2.75) is 45.4 Å². The maximum atomic E-state index is 5.90. The molecule has 1 aromatic rings. The third kappa shape index (κ3) is 2.95. The molecule has 0 radical (unpaired) electrons. The lowest BCUT2D eigenvalue weighted by Gasteiger charge is -2.34. The summed E-state index contributed by atoms with van der Waals surface area (Å²) in [6, 6.07) is 0. The van der Waals surface area contributed by atoms with E-state index in [0.29, 0.717) is 5.82 Å². The molecule has 1 saturated carbocycles. The van der Waals surface area contributed by atoms with Gasteiger partial charge in [0.2, 0.25) is 5.89 Å². The van der Waals surface area contributed by atoms with Gasteiger partial charge in [0.1, 0.15) is 0 Å². The average molecular weight is 246 g/mol. The van der Waals surface area contributed by atoms with E-state index in [4.69, 9.17) is 10.3 Å². The first-order valence-electron chi connectivity index (χ1n) is 5.73. The van der Waals surface area contributed by atoms with Crippen LogP contribution in [0.4, 0.5) is 0 Å². The summed E-state index contributed by atoms with van der Waals surface area (Å²) in [7, 11) is 0. The van der Waals surface area contributed by atoms with Crippen molar-refractivity contribution < 1.29 is 4.52 Å². The lowest BCUT2D eigenvalue weighted by molar-refractivity contribution is 0.177. The van der Waals surface area contributed by atoms with Gasteiger partial charge >= 0.3 is 0 Å². The van der Waals surface area contributed by atoms with Crippen LogP contribution in [0.5, 0.6) is 0 Å². The molecule has 0 aliphatic heterocycles. The van der Waals surface area contributed by atoms with Crippen LogP contribution in [0.2, 0.25) is 0 Å². The van der Waals surface area contributed by atoms with E-state index >= 15 is 0 Å². The molecule has 0 aromatic carbocycles. The number of rotatable bonds is 3. The molecule has 0 amide bonds. The van der Waals surface area contributed by atoms with Crippen LogP contribution in [0.1, 0.15) is 43.8 Å². The van der Waals surface area contributed by atoms with E-state index in [1.165, 1.54) is 32.1 Å². The third-order valence-electron chi connectivity index (χ3n) is 3.44. The van der Waals surface area contributed by atoms with Gasteiger partial charge in [0.15, 0.2) is 5.82 Å². The number of hydrogen-bond donors (Lipinski definition) is 1. The van der Waals surface area contributed by atoms with Gasteiger partial charge in [-0.1, -0.05) is 24.4 Å². The van der Waals surface area contributed by atoms with Crippen molar-refractivity contribution in [3.63, 3.8) is 0 Å². The summed E-state index contributed by atoms with van der Waals surface area (Å²) in [4.78, 5) is 4.26. The first-order chi connectivity index (χ1) is 7.24. The lowest BCUT2D eigenvalue weighted by Crippen LogP contribution is -2.35. The minimum Gasteiger partial charge on any atom is -0.339 e. The molecule has 0 bridgehead atoms. The van der Waals surface area contributed by atoms with Crippen LogP contribution in [-0.2, 0) is 6.42 Å². The van der Waals surface area contributed by atoms with Crippen molar-refractivity contribution in [1.82, 2.24) is 10.1 Å². The monoisotopic (exact) mass is 245 g/mol. The highest BCUT2D eigenvalue weighted by Crippen LogP contribution is 2.37. The van der Waals surface area contributed by atoms with Gasteiger partial charge in [-0.15, -0.1) is 12.4 Å². The molecule has 0 unspecified atom stereocenters. The van der Waals surface area contributed by atoms with E-state index in [9.17, 15) is 0 Å². The van der Waals surface area contributed by atoms with E-state index in [2.05, 4.69) is 10.1 Å². The molecule has 5 heteroatoms. The zero-order chi connectivity index (χ0) is 10.7. The Kier molecular flexibility index (Phi) is 4.74. The molecule has 0 atom stereocenters. The zero-order valence-electron chi connectivity index (χ0n) is 9.74. The van der Waals surface area contributed by atoms with E-state index in [-0.39, 0.29) is 17.8 Å². The minimum absolute atomic E-state index is 0. The quantitative estimate of drug-likeness (QED) is 0.887. The summed E-state index contributed by atoms with van der Waals surface area (Å²) < 4.78 is 5.18. The van der Waals surface area contributed by atoms with Gasteiger partial charge in [0, 0.05) is 6.42 Å². The summed E-state index contributed by atoms with van der Waals surface area (Å²) >= 11 is 0. The standard InChI is InChI=1S/C11H19N3O.ClH/c1-9-13-10(15-14-9)7-11(8-12)5-3-2-4-6-11;/h2-8,12H2,1H3;1H. The predicted octanol–water partition coefficient (Wildman–Crippen LogP) is 2.25.